The van der Waals surface area contributed by atoms with Gasteiger partial charge in [0.1, 0.15) is 0 Å². The van der Waals surface area contributed by atoms with E-state index in [0.717, 1.165) is 43.5 Å². The molecule has 7 heteroatoms. The number of nitrogens with one attached hydrogen (secondary N) is 2. The molecule has 1 aromatic carbocycles. The van der Waals surface area contributed by atoms with Crippen molar-refractivity contribution in [3.05, 3.63) is 47.2 Å². The van der Waals surface area contributed by atoms with Gasteiger partial charge >= 0.3 is 0 Å². The van der Waals surface area contributed by atoms with Gasteiger partial charge in [0.25, 0.3) is 0 Å². The van der Waals surface area contributed by atoms with Gasteiger partial charge in [0, 0.05) is 56.7 Å². The van der Waals surface area contributed by atoms with Crippen molar-refractivity contribution < 1.29 is 0 Å². The van der Waals surface area contributed by atoms with Crippen LogP contribution in [0, 0.1) is 0 Å². The monoisotopic (exact) mass is 360 g/mol. The zero-order chi connectivity index (χ0) is 17.6. The number of rotatable bonds is 5. The number of guanidine groups is 1. The van der Waals surface area contributed by atoms with Gasteiger partial charge in [-0.2, -0.15) is 5.10 Å². The number of halogens is 1. The van der Waals surface area contributed by atoms with Crippen molar-refractivity contribution in [2.24, 2.45) is 12.0 Å². The van der Waals surface area contributed by atoms with Crippen LogP contribution in [-0.2, 0) is 13.5 Å². The fraction of sp³-hybridized carbons (Fsp3) is 0.444. The van der Waals surface area contributed by atoms with Gasteiger partial charge in [-0.15, -0.1) is 0 Å². The van der Waals surface area contributed by atoms with Crippen LogP contribution >= 0.6 is 11.6 Å². The molecule has 0 bridgehead atoms. The highest BCUT2D eigenvalue weighted by molar-refractivity contribution is 6.30. The second kappa shape index (κ2) is 8.25. The number of hydrogen-bond acceptors (Lipinski definition) is 3. The third kappa shape index (κ3) is 4.89. The second-order valence-corrected chi connectivity index (χ2v) is 6.76. The van der Waals surface area contributed by atoms with Crippen molar-refractivity contribution in [1.82, 2.24) is 20.4 Å². The van der Waals surface area contributed by atoms with Crippen LogP contribution in [0.5, 0.6) is 0 Å². The first-order valence-electron chi connectivity index (χ1n) is 8.59. The fourth-order valence-electron chi connectivity index (χ4n) is 3.10. The first kappa shape index (κ1) is 17.6. The van der Waals surface area contributed by atoms with E-state index in [9.17, 15) is 0 Å². The lowest BCUT2D eigenvalue weighted by molar-refractivity contribution is 0.648. The van der Waals surface area contributed by atoms with Gasteiger partial charge in [0.05, 0.1) is 6.20 Å². The Morgan fingerprint density at radius 3 is 3.04 bits per heavy atom. The molecular weight excluding hydrogens is 336 g/mol. The van der Waals surface area contributed by atoms with Gasteiger partial charge in [0.2, 0.25) is 0 Å². The van der Waals surface area contributed by atoms with E-state index < -0.39 is 0 Å². The van der Waals surface area contributed by atoms with Crippen molar-refractivity contribution in [1.29, 1.82) is 0 Å². The van der Waals surface area contributed by atoms with E-state index in [1.54, 1.807) is 0 Å². The van der Waals surface area contributed by atoms with Gasteiger partial charge in [0.15, 0.2) is 5.96 Å². The van der Waals surface area contributed by atoms with E-state index in [0.29, 0.717) is 6.04 Å². The predicted octanol–water partition coefficient (Wildman–Crippen LogP) is 2.06. The molecule has 1 aromatic heterocycles. The molecule has 0 saturated carbocycles. The number of aryl methyl sites for hydroxylation is 1. The zero-order valence-corrected chi connectivity index (χ0v) is 15.5. The Morgan fingerprint density at radius 1 is 1.44 bits per heavy atom. The number of hydrogen-bond donors (Lipinski definition) is 2. The Kier molecular flexibility index (Phi) is 5.81. The highest BCUT2D eigenvalue weighted by Gasteiger charge is 2.23. The molecule has 6 nitrogen and oxygen atoms in total. The van der Waals surface area contributed by atoms with Crippen molar-refractivity contribution in [2.75, 3.05) is 31.6 Å². The zero-order valence-electron chi connectivity index (χ0n) is 14.7. The predicted molar refractivity (Wildman–Crippen MR) is 103 cm³/mol. The molecule has 0 spiro atoms. The van der Waals surface area contributed by atoms with Crippen molar-refractivity contribution in [3.8, 4) is 0 Å². The molecule has 1 fully saturated rings. The van der Waals surface area contributed by atoms with Crippen LogP contribution in [-0.4, -0.2) is 48.5 Å². The average Bonchev–Trinajstić information content (AvgIpc) is 3.23. The third-order valence-corrected chi connectivity index (χ3v) is 4.63. The fourth-order valence-corrected chi connectivity index (χ4v) is 3.28. The molecule has 2 heterocycles. The standard InChI is InChI=1S/C18H25ClN6/c1-20-18(21-8-6-14-11-22-24(2)12-14)23-16-7-9-25(13-16)17-5-3-4-15(19)10-17/h3-5,10-12,16H,6-9,13H2,1-2H3,(H2,20,21,23). The maximum Gasteiger partial charge on any atom is 0.191 e. The summed E-state index contributed by atoms with van der Waals surface area (Å²) in [4.78, 5) is 6.69. The summed E-state index contributed by atoms with van der Waals surface area (Å²) in [6.45, 7) is 2.80. The number of anilines is 1. The normalized spacial score (nSPS) is 17.8. The Balaban J connectivity index is 1.46. The van der Waals surface area contributed by atoms with Crippen LogP contribution < -0.4 is 15.5 Å². The molecule has 1 aliphatic heterocycles. The molecule has 0 amide bonds. The minimum Gasteiger partial charge on any atom is -0.369 e. The summed E-state index contributed by atoms with van der Waals surface area (Å²) in [5.41, 5.74) is 2.40. The van der Waals surface area contributed by atoms with E-state index in [4.69, 9.17) is 11.6 Å². The molecule has 3 rings (SSSR count). The summed E-state index contributed by atoms with van der Waals surface area (Å²) in [6, 6.07) is 8.41. The molecular formula is C18H25ClN6. The summed E-state index contributed by atoms with van der Waals surface area (Å²) >= 11 is 6.10. The number of aliphatic imine (C=N–C) groups is 1. The van der Waals surface area contributed by atoms with Crippen LogP contribution in [0.25, 0.3) is 0 Å². The lowest BCUT2D eigenvalue weighted by Gasteiger charge is -2.20. The van der Waals surface area contributed by atoms with E-state index in [2.05, 4.69) is 31.7 Å². The summed E-state index contributed by atoms with van der Waals surface area (Å²) in [5, 5.41) is 11.9. The van der Waals surface area contributed by atoms with Gasteiger partial charge in [-0.05, 0) is 36.6 Å². The average molecular weight is 361 g/mol. The maximum absolute atomic E-state index is 6.10. The molecule has 1 aliphatic rings. The molecule has 0 aliphatic carbocycles. The molecule has 134 valence electrons. The lowest BCUT2D eigenvalue weighted by Crippen LogP contribution is -2.45. The van der Waals surface area contributed by atoms with Crippen LogP contribution in [0.3, 0.4) is 0 Å². The SMILES string of the molecule is CN=C(NCCc1cnn(C)c1)NC1CCN(c2cccc(Cl)c2)C1. The van der Waals surface area contributed by atoms with Crippen LogP contribution in [0.1, 0.15) is 12.0 Å². The van der Waals surface area contributed by atoms with E-state index in [1.165, 1.54) is 11.3 Å². The summed E-state index contributed by atoms with van der Waals surface area (Å²) in [5.74, 6) is 0.849. The van der Waals surface area contributed by atoms with Crippen molar-refractivity contribution in [2.45, 2.75) is 18.9 Å². The molecule has 0 radical (unpaired) electrons. The van der Waals surface area contributed by atoms with Gasteiger partial charge < -0.3 is 15.5 Å². The van der Waals surface area contributed by atoms with Gasteiger partial charge in [-0.25, -0.2) is 0 Å². The summed E-state index contributed by atoms with van der Waals surface area (Å²) in [7, 11) is 3.74. The number of nitrogens with zero attached hydrogens (tertiary/aromatic N) is 4. The molecule has 2 N–H and O–H groups in total. The highest BCUT2D eigenvalue weighted by Crippen LogP contribution is 2.23. The summed E-state index contributed by atoms with van der Waals surface area (Å²) < 4.78 is 1.82. The van der Waals surface area contributed by atoms with Crippen molar-refractivity contribution >= 4 is 23.2 Å². The van der Waals surface area contributed by atoms with Crippen LogP contribution in [0.15, 0.2) is 41.7 Å². The molecule has 1 saturated heterocycles. The molecule has 2 aromatic rings. The minimum absolute atomic E-state index is 0.378. The van der Waals surface area contributed by atoms with E-state index in [-0.39, 0.29) is 0 Å². The minimum atomic E-state index is 0.378. The largest absolute Gasteiger partial charge is 0.369 e. The number of aromatic nitrogens is 2. The van der Waals surface area contributed by atoms with Crippen LogP contribution in [0.4, 0.5) is 5.69 Å². The lowest BCUT2D eigenvalue weighted by atomic mass is 10.2. The first-order valence-corrected chi connectivity index (χ1v) is 8.97. The van der Waals surface area contributed by atoms with Gasteiger partial charge in [-0.3, -0.25) is 9.67 Å². The smallest absolute Gasteiger partial charge is 0.191 e. The molecule has 1 unspecified atom stereocenters. The Labute approximate surface area is 153 Å². The Hall–Kier alpha value is -2.21. The Bertz CT molecular complexity index is 726. The van der Waals surface area contributed by atoms with E-state index in [1.807, 2.05) is 49.4 Å². The number of benzene rings is 1. The maximum atomic E-state index is 6.10. The molecule has 25 heavy (non-hydrogen) atoms. The highest BCUT2D eigenvalue weighted by atomic mass is 35.5. The van der Waals surface area contributed by atoms with Crippen molar-refractivity contribution in [3.63, 3.8) is 0 Å². The quantitative estimate of drug-likeness (QED) is 0.633. The summed E-state index contributed by atoms with van der Waals surface area (Å²) in [6.07, 6.45) is 5.94. The van der Waals surface area contributed by atoms with Crippen LogP contribution in [0.2, 0.25) is 5.02 Å². The third-order valence-electron chi connectivity index (χ3n) is 4.39. The van der Waals surface area contributed by atoms with Gasteiger partial charge in [-0.1, -0.05) is 17.7 Å². The molecule has 1 atom stereocenters. The second-order valence-electron chi connectivity index (χ2n) is 6.33. The topological polar surface area (TPSA) is 57.5 Å². The Morgan fingerprint density at radius 2 is 2.32 bits per heavy atom. The first-order chi connectivity index (χ1) is 12.1. The van der Waals surface area contributed by atoms with E-state index >= 15 is 0 Å².